The lowest BCUT2D eigenvalue weighted by Crippen LogP contribution is -2.29. The molecule has 0 aliphatic carbocycles. The topological polar surface area (TPSA) is 87.5 Å². The molecule has 0 saturated carbocycles. The molecule has 2 aromatic rings. The minimum atomic E-state index is -0.493. The number of hydrogen-bond acceptors (Lipinski definition) is 8. The molecule has 0 amide bonds. The number of esters is 1. The Kier molecular flexibility index (Phi) is 9.05. The molecule has 1 atom stereocenters. The molecule has 1 aromatic carbocycles. The number of thioether (sulfide) groups is 1. The van der Waals surface area contributed by atoms with Crippen LogP contribution in [0.1, 0.15) is 65.0 Å². The lowest BCUT2D eigenvalue weighted by molar-refractivity contribution is -0.139. The summed E-state index contributed by atoms with van der Waals surface area (Å²) in [7, 11) is 1.62. The van der Waals surface area contributed by atoms with E-state index in [1.54, 1.807) is 23.6 Å². The summed E-state index contributed by atoms with van der Waals surface area (Å²) in [5.41, 5.74) is 2.05. The molecule has 8 nitrogen and oxygen atoms in total. The Morgan fingerprint density at radius 2 is 1.97 bits per heavy atom. The van der Waals surface area contributed by atoms with E-state index in [1.807, 2.05) is 32.0 Å². The van der Waals surface area contributed by atoms with E-state index < -0.39 is 6.04 Å². The molecule has 33 heavy (non-hydrogen) atoms. The number of nitrogens with one attached hydrogen (secondary N) is 1. The van der Waals surface area contributed by atoms with E-state index in [0.29, 0.717) is 47.1 Å². The second kappa shape index (κ2) is 12.0. The van der Waals surface area contributed by atoms with Crippen molar-refractivity contribution in [1.29, 1.82) is 0 Å². The molecule has 1 aliphatic rings. The summed E-state index contributed by atoms with van der Waals surface area (Å²) < 4.78 is 18.9. The Hall–Kier alpha value is -2.68. The largest absolute Gasteiger partial charge is 0.493 e. The van der Waals surface area contributed by atoms with Crippen LogP contribution in [0.5, 0.6) is 11.5 Å². The van der Waals surface area contributed by atoms with Crippen molar-refractivity contribution in [3.8, 4) is 11.5 Å². The first kappa shape index (κ1) is 25.0. The molecule has 2 heterocycles. The van der Waals surface area contributed by atoms with Crippen LogP contribution in [0, 0.1) is 0 Å². The van der Waals surface area contributed by atoms with E-state index in [9.17, 15) is 4.79 Å². The molecule has 0 radical (unpaired) electrons. The van der Waals surface area contributed by atoms with Gasteiger partial charge in [-0.1, -0.05) is 51.4 Å². The minimum absolute atomic E-state index is 0.358. The Labute approximate surface area is 200 Å². The van der Waals surface area contributed by atoms with Crippen molar-refractivity contribution in [3.05, 3.63) is 35.0 Å². The third kappa shape index (κ3) is 5.82. The van der Waals surface area contributed by atoms with Gasteiger partial charge < -0.3 is 19.5 Å². The number of methoxy groups -OCH3 is 1. The van der Waals surface area contributed by atoms with Crippen LogP contribution in [-0.2, 0) is 9.53 Å². The summed E-state index contributed by atoms with van der Waals surface area (Å²) in [5.74, 6) is 2.38. The van der Waals surface area contributed by atoms with Gasteiger partial charge in [0.25, 0.3) is 0 Å². The summed E-state index contributed by atoms with van der Waals surface area (Å²) >= 11 is 1.55. The van der Waals surface area contributed by atoms with Gasteiger partial charge in [0.05, 0.1) is 25.9 Å². The van der Waals surface area contributed by atoms with Gasteiger partial charge in [0.2, 0.25) is 11.1 Å². The highest BCUT2D eigenvalue weighted by molar-refractivity contribution is 7.99. The SMILES string of the molecule is CCCCCOc1ccc(C2C(C(=O)OCCC)=C(C)Nc3nc(SCC)nn32)cc1OC. The average molecular weight is 475 g/mol. The predicted molar refractivity (Wildman–Crippen MR) is 130 cm³/mol. The van der Waals surface area contributed by atoms with Gasteiger partial charge in [0, 0.05) is 5.70 Å². The zero-order valence-electron chi connectivity index (χ0n) is 20.1. The van der Waals surface area contributed by atoms with E-state index >= 15 is 0 Å². The van der Waals surface area contributed by atoms with Gasteiger partial charge in [-0.15, -0.1) is 5.10 Å². The first-order valence-corrected chi connectivity index (χ1v) is 12.6. The second-order valence-electron chi connectivity index (χ2n) is 7.76. The molecule has 180 valence electrons. The molecule has 1 unspecified atom stereocenters. The number of allylic oxidation sites excluding steroid dienone is 1. The normalized spacial score (nSPS) is 15.1. The van der Waals surface area contributed by atoms with Crippen LogP contribution in [0.3, 0.4) is 0 Å². The van der Waals surface area contributed by atoms with Crippen molar-refractivity contribution in [2.75, 3.05) is 31.4 Å². The number of ether oxygens (including phenoxy) is 3. The number of anilines is 1. The molecule has 9 heteroatoms. The van der Waals surface area contributed by atoms with Gasteiger partial charge in [-0.25, -0.2) is 9.48 Å². The number of carbonyl (C=O) groups excluding carboxylic acids is 1. The van der Waals surface area contributed by atoms with E-state index in [0.717, 1.165) is 37.0 Å². The summed E-state index contributed by atoms with van der Waals surface area (Å²) in [5, 5.41) is 8.57. The molecule has 3 rings (SSSR count). The fraction of sp³-hybridized carbons (Fsp3) is 0.542. The zero-order valence-corrected chi connectivity index (χ0v) is 21.0. The van der Waals surface area contributed by atoms with Gasteiger partial charge >= 0.3 is 5.97 Å². The minimum Gasteiger partial charge on any atom is -0.493 e. The number of aromatic nitrogens is 3. The van der Waals surface area contributed by atoms with E-state index in [1.165, 1.54) is 0 Å². The summed E-state index contributed by atoms with van der Waals surface area (Å²) in [6.07, 6.45) is 4.00. The third-order valence-electron chi connectivity index (χ3n) is 5.27. The number of rotatable bonds is 12. The Balaban J connectivity index is 2.01. The van der Waals surface area contributed by atoms with Gasteiger partial charge in [0.1, 0.15) is 6.04 Å². The van der Waals surface area contributed by atoms with Crippen LogP contribution in [0.15, 0.2) is 34.6 Å². The molecule has 0 spiro atoms. The highest BCUT2D eigenvalue weighted by atomic mass is 32.2. The van der Waals surface area contributed by atoms with Crippen LogP contribution in [-0.4, -0.2) is 46.8 Å². The molecule has 1 N–H and O–H groups in total. The van der Waals surface area contributed by atoms with E-state index in [2.05, 4.69) is 29.2 Å². The lowest BCUT2D eigenvalue weighted by atomic mass is 9.95. The van der Waals surface area contributed by atoms with Crippen LogP contribution >= 0.6 is 11.8 Å². The number of hydrogen-bond donors (Lipinski definition) is 1. The van der Waals surface area contributed by atoms with Crippen molar-refractivity contribution >= 4 is 23.7 Å². The number of nitrogens with zero attached hydrogens (tertiary/aromatic N) is 3. The maximum Gasteiger partial charge on any atom is 0.338 e. The number of benzene rings is 1. The van der Waals surface area contributed by atoms with Gasteiger partial charge in [-0.2, -0.15) is 4.98 Å². The smallest absolute Gasteiger partial charge is 0.338 e. The number of unbranched alkanes of at least 4 members (excludes halogenated alkanes) is 2. The Morgan fingerprint density at radius 1 is 1.15 bits per heavy atom. The van der Waals surface area contributed by atoms with Crippen molar-refractivity contribution < 1.29 is 19.0 Å². The number of carbonyl (C=O) groups is 1. The van der Waals surface area contributed by atoms with E-state index in [4.69, 9.17) is 14.2 Å². The predicted octanol–water partition coefficient (Wildman–Crippen LogP) is 5.21. The maximum absolute atomic E-state index is 13.1. The van der Waals surface area contributed by atoms with Crippen molar-refractivity contribution in [3.63, 3.8) is 0 Å². The summed E-state index contributed by atoms with van der Waals surface area (Å²) in [6, 6.07) is 5.26. The molecular formula is C24H34N4O4S. The van der Waals surface area contributed by atoms with Crippen LogP contribution in [0.2, 0.25) is 0 Å². The molecule has 1 aromatic heterocycles. The van der Waals surface area contributed by atoms with Crippen LogP contribution in [0.25, 0.3) is 0 Å². The molecule has 0 fully saturated rings. The molecule has 0 saturated heterocycles. The van der Waals surface area contributed by atoms with Crippen LogP contribution < -0.4 is 14.8 Å². The van der Waals surface area contributed by atoms with Gasteiger partial charge in [0.15, 0.2) is 11.5 Å². The van der Waals surface area contributed by atoms with Crippen molar-refractivity contribution in [2.45, 2.75) is 64.6 Å². The highest BCUT2D eigenvalue weighted by Gasteiger charge is 2.35. The maximum atomic E-state index is 13.1. The van der Waals surface area contributed by atoms with Crippen molar-refractivity contribution in [1.82, 2.24) is 14.8 Å². The number of fused-ring (bicyclic) bond motifs is 1. The van der Waals surface area contributed by atoms with Gasteiger partial charge in [-0.3, -0.25) is 0 Å². The van der Waals surface area contributed by atoms with Gasteiger partial charge in [-0.05, 0) is 43.2 Å². The molecular weight excluding hydrogens is 440 g/mol. The highest BCUT2D eigenvalue weighted by Crippen LogP contribution is 2.39. The quantitative estimate of drug-likeness (QED) is 0.255. The van der Waals surface area contributed by atoms with E-state index in [-0.39, 0.29) is 5.97 Å². The third-order valence-corrected chi connectivity index (χ3v) is 5.99. The zero-order chi connectivity index (χ0) is 23.8. The van der Waals surface area contributed by atoms with Crippen LogP contribution in [0.4, 0.5) is 5.95 Å². The Bertz CT molecular complexity index is 989. The first-order valence-electron chi connectivity index (χ1n) is 11.6. The molecule has 0 bridgehead atoms. The first-order chi connectivity index (χ1) is 16.0. The average Bonchev–Trinajstić information content (AvgIpc) is 3.21. The second-order valence-corrected chi connectivity index (χ2v) is 8.99. The molecule has 1 aliphatic heterocycles. The Morgan fingerprint density at radius 3 is 2.67 bits per heavy atom. The standard InChI is InChI=1S/C24H34N4O4S/c1-6-9-10-14-31-18-12-11-17(15-19(18)30-5)21-20(22(29)32-13-7-2)16(4)25-23-26-24(33-8-3)27-28(21)23/h11-12,15,21H,6-10,13-14H2,1-5H3,(H,25,26,27). The fourth-order valence-electron chi connectivity index (χ4n) is 3.67. The fourth-order valence-corrected chi connectivity index (χ4v) is 4.23. The van der Waals surface area contributed by atoms with Crippen molar-refractivity contribution in [2.24, 2.45) is 0 Å². The lowest BCUT2D eigenvalue weighted by Gasteiger charge is -2.28. The monoisotopic (exact) mass is 474 g/mol. The summed E-state index contributed by atoms with van der Waals surface area (Å²) in [6.45, 7) is 9.04. The summed E-state index contributed by atoms with van der Waals surface area (Å²) in [4.78, 5) is 17.7.